The van der Waals surface area contributed by atoms with Crippen LogP contribution in [0.5, 0.6) is 11.5 Å². The fourth-order valence-corrected chi connectivity index (χ4v) is 4.05. The summed E-state index contributed by atoms with van der Waals surface area (Å²) in [6.07, 6.45) is 6.61. The second kappa shape index (κ2) is 11.2. The van der Waals surface area contributed by atoms with Crippen LogP contribution in [-0.2, 0) is 19.6 Å². The first-order valence-electron chi connectivity index (χ1n) is 9.88. The van der Waals surface area contributed by atoms with E-state index in [4.69, 9.17) is 9.47 Å². The minimum absolute atomic E-state index is 0. The second-order valence-electron chi connectivity index (χ2n) is 7.05. The molecule has 31 heavy (non-hydrogen) atoms. The highest BCUT2D eigenvalue weighted by atomic mass is 79.9. The lowest BCUT2D eigenvalue weighted by Crippen LogP contribution is -2.16. The summed E-state index contributed by atoms with van der Waals surface area (Å²) in [6.45, 7) is 2.08. The van der Waals surface area contributed by atoms with Crippen LogP contribution in [0.15, 0.2) is 71.6 Å². The Kier molecular flexibility index (Phi) is 8.35. The van der Waals surface area contributed by atoms with Gasteiger partial charge in [-0.05, 0) is 64.3 Å². The van der Waals surface area contributed by atoms with Gasteiger partial charge in [-0.3, -0.25) is 4.98 Å². The van der Waals surface area contributed by atoms with Crippen LogP contribution in [0.1, 0.15) is 16.7 Å². The number of aromatic nitrogens is 2. The van der Waals surface area contributed by atoms with Crippen LogP contribution >= 0.6 is 28.3 Å². The van der Waals surface area contributed by atoms with E-state index in [9.17, 15) is 0 Å². The van der Waals surface area contributed by atoms with E-state index >= 15 is 0 Å². The number of nitrogens with one attached hydrogen (secondary N) is 2. The minimum Gasteiger partial charge on any atom is -0.493 e. The lowest BCUT2D eigenvalue weighted by atomic mass is 10.1. The van der Waals surface area contributed by atoms with Crippen LogP contribution in [0.25, 0.3) is 10.9 Å². The zero-order valence-corrected chi connectivity index (χ0v) is 19.6. The molecule has 4 rings (SSSR count). The van der Waals surface area contributed by atoms with Gasteiger partial charge in [0.25, 0.3) is 0 Å². The molecule has 0 amide bonds. The van der Waals surface area contributed by atoms with Gasteiger partial charge in [-0.2, -0.15) is 0 Å². The molecule has 0 aliphatic heterocycles. The van der Waals surface area contributed by atoms with Crippen molar-refractivity contribution in [3.63, 3.8) is 0 Å². The molecule has 2 N–H and O–H groups in total. The lowest BCUT2D eigenvalue weighted by molar-refractivity contribution is 0.282. The van der Waals surface area contributed by atoms with E-state index in [1.54, 1.807) is 19.5 Å². The number of para-hydroxylation sites is 1. The number of hydrogen-bond acceptors (Lipinski definition) is 4. The van der Waals surface area contributed by atoms with Gasteiger partial charge in [0.15, 0.2) is 11.5 Å². The van der Waals surface area contributed by atoms with Gasteiger partial charge >= 0.3 is 0 Å². The Labute approximate surface area is 196 Å². The number of pyridine rings is 1. The van der Waals surface area contributed by atoms with Crippen molar-refractivity contribution in [1.82, 2.24) is 15.3 Å². The Balaban J connectivity index is 0.00000272. The molecular formula is C24H25BrClN3O2. The maximum absolute atomic E-state index is 5.98. The number of fused-ring (bicyclic) bond motifs is 1. The molecule has 0 radical (unpaired) electrons. The first-order valence-corrected chi connectivity index (χ1v) is 10.7. The molecule has 0 aliphatic rings. The van der Waals surface area contributed by atoms with E-state index < -0.39 is 0 Å². The molecule has 0 fully saturated rings. The second-order valence-corrected chi connectivity index (χ2v) is 7.90. The largest absolute Gasteiger partial charge is 0.493 e. The molecule has 0 aliphatic carbocycles. The van der Waals surface area contributed by atoms with Crippen molar-refractivity contribution in [2.75, 3.05) is 13.7 Å². The predicted molar refractivity (Wildman–Crippen MR) is 130 cm³/mol. The van der Waals surface area contributed by atoms with Crippen molar-refractivity contribution in [1.29, 1.82) is 0 Å². The number of aromatic amines is 1. The zero-order valence-electron chi connectivity index (χ0n) is 17.2. The SMILES string of the molecule is COc1cc(CNCCc2c[nH]c3ccccc23)cc(Br)c1OCc1cccnc1.Cl. The summed E-state index contributed by atoms with van der Waals surface area (Å²) < 4.78 is 12.4. The number of benzene rings is 2. The monoisotopic (exact) mass is 501 g/mol. The predicted octanol–water partition coefficient (Wildman–Crippen LogP) is 5.67. The van der Waals surface area contributed by atoms with Gasteiger partial charge in [0, 0.05) is 41.6 Å². The quantitative estimate of drug-likeness (QED) is 0.290. The molecule has 0 saturated carbocycles. The first-order chi connectivity index (χ1) is 14.7. The molecule has 0 spiro atoms. The highest BCUT2D eigenvalue weighted by Crippen LogP contribution is 2.37. The normalized spacial score (nSPS) is 10.6. The Morgan fingerprint density at radius 3 is 2.77 bits per heavy atom. The maximum Gasteiger partial charge on any atom is 0.175 e. The smallest absolute Gasteiger partial charge is 0.175 e. The molecule has 0 unspecified atom stereocenters. The van der Waals surface area contributed by atoms with Gasteiger partial charge in [-0.15, -0.1) is 12.4 Å². The summed E-state index contributed by atoms with van der Waals surface area (Å²) in [5, 5.41) is 4.81. The minimum atomic E-state index is 0. The van der Waals surface area contributed by atoms with E-state index in [-0.39, 0.29) is 12.4 Å². The molecule has 5 nitrogen and oxygen atoms in total. The molecule has 2 heterocycles. The average Bonchev–Trinajstić information content (AvgIpc) is 3.19. The van der Waals surface area contributed by atoms with Crippen LogP contribution in [0.3, 0.4) is 0 Å². The van der Waals surface area contributed by atoms with Crippen LogP contribution in [-0.4, -0.2) is 23.6 Å². The molecule has 162 valence electrons. The third-order valence-corrected chi connectivity index (χ3v) is 5.56. The summed E-state index contributed by atoms with van der Waals surface area (Å²) in [5.41, 5.74) is 4.65. The van der Waals surface area contributed by atoms with Crippen LogP contribution < -0.4 is 14.8 Å². The summed E-state index contributed by atoms with van der Waals surface area (Å²) in [5.74, 6) is 1.41. The fraction of sp³-hybridized carbons (Fsp3) is 0.208. The molecule has 0 saturated heterocycles. The number of H-pyrrole nitrogens is 1. The third-order valence-electron chi connectivity index (χ3n) is 4.97. The van der Waals surface area contributed by atoms with Crippen LogP contribution in [0.4, 0.5) is 0 Å². The van der Waals surface area contributed by atoms with Crippen LogP contribution in [0.2, 0.25) is 0 Å². The van der Waals surface area contributed by atoms with Crippen molar-refractivity contribution in [3.05, 3.63) is 88.3 Å². The van der Waals surface area contributed by atoms with E-state index in [0.717, 1.165) is 35.1 Å². The van der Waals surface area contributed by atoms with Gasteiger partial charge < -0.3 is 19.8 Å². The summed E-state index contributed by atoms with van der Waals surface area (Å²) >= 11 is 3.63. The highest BCUT2D eigenvalue weighted by molar-refractivity contribution is 9.10. The van der Waals surface area contributed by atoms with Gasteiger partial charge in [0.05, 0.1) is 11.6 Å². The Morgan fingerprint density at radius 2 is 1.97 bits per heavy atom. The number of halogens is 2. The molecule has 0 bridgehead atoms. The van der Waals surface area contributed by atoms with Gasteiger partial charge in [-0.1, -0.05) is 24.3 Å². The van der Waals surface area contributed by atoms with E-state index in [2.05, 4.69) is 67.7 Å². The molecule has 7 heteroatoms. The molecule has 4 aromatic rings. The number of hydrogen-bond donors (Lipinski definition) is 2. The molecule has 2 aromatic heterocycles. The Hall–Kier alpha value is -2.54. The zero-order chi connectivity index (χ0) is 20.8. The van der Waals surface area contributed by atoms with Gasteiger partial charge in [-0.25, -0.2) is 0 Å². The topological polar surface area (TPSA) is 59.2 Å². The lowest BCUT2D eigenvalue weighted by Gasteiger charge is -2.15. The van der Waals surface area contributed by atoms with Crippen molar-refractivity contribution in [3.8, 4) is 11.5 Å². The highest BCUT2D eigenvalue weighted by Gasteiger charge is 2.12. The van der Waals surface area contributed by atoms with Gasteiger partial charge in [0.1, 0.15) is 6.61 Å². The summed E-state index contributed by atoms with van der Waals surface area (Å²) in [6, 6.07) is 16.4. The maximum atomic E-state index is 5.98. The first kappa shape index (κ1) is 23.1. The van der Waals surface area contributed by atoms with Crippen molar-refractivity contribution >= 4 is 39.2 Å². The van der Waals surface area contributed by atoms with Crippen molar-refractivity contribution in [2.24, 2.45) is 0 Å². The van der Waals surface area contributed by atoms with Crippen molar-refractivity contribution in [2.45, 2.75) is 19.6 Å². The van der Waals surface area contributed by atoms with E-state index in [1.807, 2.05) is 18.2 Å². The molecular weight excluding hydrogens is 478 g/mol. The number of ether oxygens (including phenoxy) is 2. The summed E-state index contributed by atoms with van der Waals surface area (Å²) in [4.78, 5) is 7.45. The van der Waals surface area contributed by atoms with E-state index in [0.29, 0.717) is 18.1 Å². The molecule has 2 aromatic carbocycles. The molecule has 0 atom stereocenters. The standard InChI is InChI=1S/C24H24BrN3O2.ClH/c1-29-23-12-18(11-21(25)24(23)30-16-17-5-4-9-26-13-17)14-27-10-8-19-15-28-22-7-3-2-6-20(19)22;/h2-7,9,11-13,15,27-28H,8,10,14,16H2,1H3;1H. The number of rotatable bonds is 9. The Morgan fingerprint density at radius 1 is 1.10 bits per heavy atom. The third kappa shape index (κ3) is 5.79. The number of nitrogens with zero attached hydrogens (tertiary/aromatic N) is 1. The fourth-order valence-electron chi connectivity index (χ4n) is 3.45. The Bertz CT molecular complexity index is 1120. The number of methoxy groups -OCH3 is 1. The van der Waals surface area contributed by atoms with Gasteiger partial charge in [0.2, 0.25) is 0 Å². The average molecular weight is 503 g/mol. The van der Waals surface area contributed by atoms with Crippen LogP contribution in [0, 0.1) is 0 Å². The van der Waals surface area contributed by atoms with Crippen molar-refractivity contribution < 1.29 is 9.47 Å². The summed E-state index contributed by atoms with van der Waals surface area (Å²) in [7, 11) is 1.66. The van der Waals surface area contributed by atoms with E-state index in [1.165, 1.54) is 16.5 Å².